The molecule has 94 valence electrons. The SMILES string of the molecule is CC(C)Cc1nc(=O)n(C(C)C)cc1C(=O)O. The predicted molar refractivity (Wildman–Crippen MR) is 64.4 cm³/mol. The van der Waals surface area contributed by atoms with Crippen molar-refractivity contribution in [3.05, 3.63) is 27.9 Å². The van der Waals surface area contributed by atoms with E-state index < -0.39 is 5.97 Å². The summed E-state index contributed by atoms with van der Waals surface area (Å²) >= 11 is 0. The Morgan fingerprint density at radius 2 is 2.00 bits per heavy atom. The van der Waals surface area contributed by atoms with Gasteiger partial charge < -0.3 is 5.11 Å². The van der Waals surface area contributed by atoms with Crippen molar-refractivity contribution in [2.45, 2.75) is 40.2 Å². The minimum absolute atomic E-state index is 0.0961. The minimum Gasteiger partial charge on any atom is -0.478 e. The summed E-state index contributed by atoms with van der Waals surface area (Å²) in [5.41, 5.74) is 0.0991. The normalized spacial score (nSPS) is 11.2. The van der Waals surface area contributed by atoms with Crippen molar-refractivity contribution < 1.29 is 9.90 Å². The van der Waals surface area contributed by atoms with Gasteiger partial charge in [0.05, 0.1) is 11.3 Å². The van der Waals surface area contributed by atoms with Crippen molar-refractivity contribution in [3.8, 4) is 0 Å². The lowest BCUT2D eigenvalue weighted by Crippen LogP contribution is -2.28. The summed E-state index contributed by atoms with van der Waals surface area (Å²) in [4.78, 5) is 26.7. The van der Waals surface area contributed by atoms with Gasteiger partial charge in [0, 0.05) is 12.2 Å². The second-order valence-electron chi connectivity index (χ2n) is 4.79. The Kier molecular flexibility index (Phi) is 4.04. The molecule has 0 aliphatic heterocycles. The first kappa shape index (κ1) is 13.4. The van der Waals surface area contributed by atoms with Crippen LogP contribution in [0.3, 0.4) is 0 Å². The van der Waals surface area contributed by atoms with Crippen LogP contribution in [0, 0.1) is 5.92 Å². The van der Waals surface area contributed by atoms with E-state index in [1.807, 2.05) is 27.7 Å². The zero-order valence-corrected chi connectivity index (χ0v) is 10.6. The number of nitrogens with zero attached hydrogens (tertiary/aromatic N) is 2. The zero-order chi connectivity index (χ0) is 13.2. The molecule has 0 aliphatic carbocycles. The maximum Gasteiger partial charge on any atom is 0.348 e. The third kappa shape index (κ3) is 3.15. The Labute approximate surface area is 100 Å². The van der Waals surface area contributed by atoms with Crippen molar-refractivity contribution in [2.75, 3.05) is 0 Å². The quantitative estimate of drug-likeness (QED) is 0.866. The van der Waals surface area contributed by atoms with Crippen LogP contribution in [0.5, 0.6) is 0 Å². The number of carboxylic acids is 1. The monoisotopic (exact) mass is 238 g/mol. The second kappa shape index (κ2) is 5.12. The van der Waals surface area contributed by atoms with Gasteiger partial charge in [-0.1, -0.05) is 13.8 Å². The van der Waals surface area contributed by atoms with Crippen LogP contribution < -0.4 is 5.69 Å². The van der Waals surface area contributed by atoms with E-state index in [9.17, 15) is 9.59 Å². The van der Waals surface area contributed by atoms with Crippen molar-refractivity contribution in [1.29, 1.82) is 0 Å². The molecule has 0 saturated carbocycles. The molecule has 0 amide bonds. The van der Waals surface area contributed by atoms with E-state index in [1.165, 1.54) is 10.8 Å². The number of carboxylic acid groups (broad SMARTS) is 1. The third-order valence-electron chi connectivity index (χ3n) is 2.42. The van der Waals surface area contributed by atoms with Crippen LogP contribution in [-0.2, 0) is 6.42 Å². The van der Waals surface area contributed by atoms with E-state index in [2.05, 4.69) is 4.98 Å². The summed E-state index contributed by atoms with van der Waals surface area (Å²) in [7, 11) is 0. The van der Waals surface area contributed by atoms with Gasteiger partial charge in [-0.3, -0.25) is 4.57 Å². The van der Waals surface area contributed by atoms with E-state index in [-0.39, 0.29) is 23.2 Å². The highest BCUT2D eigenvalue weighted by Crippen LogP contribution is 2.11. The van der Waals surface area contributed by atoms with Gasteiger partial charge in [-0.2, -0.15) is 4.98 Å². The molecule has 0 bridgehead atoms. The number of aromatic nitrogens is 2. The smallest absolute Gasteiger partial charge is 0.348 e. The number of carbonyl (C=O) groups is 1. The maximum absolute atomic E-state index is 11.7. The van der Waals surface area contributed by atoms with Crippen LogP contribution in [0.25, 0.3) is 0 Å². The summed E-state index contributed by atoms with van der Waals surface area (Å²) in [6.07, 6.45) is 1.88. The first-order valence-electron chi connectivity index (χ1n) is 5.68. The Hall–Kier alpha value is -1.65. The molecule has 1 aromatic rings. The Bertz CT molecular complexity index is 475. The molecule has 0 aromatic carbocycles. The lowest BCUT2D eigenvalue weighted by molar-refractivity contribution is 0.0693. The average Bonchev–Trinajstić information content (AvgIpc) is 2.15. The molecule has 1 N–H and O–H groups in total. The van der Waals surface area contributed by atoms with Crippen LogP contribution in [-0.4, -0.2) is 20.6 Å². The van der Waals surface area contributed by atoms with Gasteiger partial charge >= 0.3 is 11.7 Å². The van der Waals surface area contributed by atoms with E-state index in [0.717, 1.165) is 0 Å². The second-order valence-corrected chi connectivity index (χ2v) is 4.79. The van der Waals surface area contributed by atoms with Crippen LogP contribution in [0.2, 0.25) is 0 Å². The van der Waals surface area contributed by atoms with E-state index >= 15 is 0 Å². The fourth-order valence-electron chi connectivity index (χ4n) is 1.59. The van der Waals surface area contributed by atoms with Crippen molar-refractivity contribution in [2.24, 2.45) is 5.92 Å². The van der Waals surface area contributed by atoms with Gasteiger partial charge in [0.25, 0.3) is 0 Å². The predicted octanol–water partition coefficient (Wildman–Crippen LogP) is 1.72. The summed E-state index contributed by atoms with van der Waals surface area (Å²) in [5.74, 6) is -0.780. The van der Waals surface area contributed by atoms with Gasteiger partial charge in [0.1, 0.15) is 0 Å². The molecule has 0 atom stereocenters. The number of hydrogen-bond acceptors (Lipinski definition) is 3. The summed E-state index contributed by atoms with van der Waals surface area (Å²) < 4.78 is 1.34. The molecule has 5 heteroatoms. The molecule has 0 radical (unpaired) electrons. The molecular formula is C12H18N2O3. The molecule has 0 unspecified atom stereocenters. The standard InChI is InChI=1S/C12H18N2O3/c1-7(2)5-10-9(11(15)16)6-14(8(3)4)12(17)13-10/h6-8H,5H2,1-4H3,(H,15,16). The lowest BCUT2D eigenvalue weighted by Gasteiger charge is -2.13. The first-order valence-corrected chi connectivity index (χ1v) is 5.68. The molecule has 0 aliphatic rings. The Morgan fingerprint density at radius 3 is 2.41 bits per heavy atom. The molecule has 0 saturated heterocycles. The highest BCUT2D eigenvalue weighted by molar-refractivity contribution is 5.88. The summed E-state index contributed by atoms with van der Waals surface area (Å²) in [6, 6.07) is -0.0961. The Morgan fingerprint density at radius 1 is 1.41 bits per heavy atom. The van der Waals surface area contributed by atoms with Gasteiger partial charge in [-0.15, -0.1) is 0 Å². The molecule has 0 fully saturated rings. The van der Waals surface area contributed by atoms with E-state index in [1.54, 1.807) is 0 Å². The van der Waals surface area contributed by atoms with Crippen LogP contribution in [0.1, 0.15) is 49.8 Å². The maximum atomic E-state index is 11.7. The average molecular weight is 238 g/mol. The van der Waals surface area contributed by atoms with Gasteiger partial charge in [-0.25, -0.2) is 9.59 Å². The highest BCUT2D eigenvalue weighted by Gasteiger charge is 2.16. The highest BCUT2D eigenvalue weighted by atomic mass is 16.4. The lowest BCUT2D eigenvalue weighted by atomic mass is 10.0. The third-order valence-corrected chi connectivity index (χ3v) is 2.42. The van der Waals surface area contributed by atoms with Crippen LogP contribution >= 0.6 is 0 Å². The fraction of sp³-hybridized carbons (Fsp3) is 0.583. The topological polar surface area (TPSA) is 72.2 Å². The molecule has 1 heterocycles. The molecule has 0 spiro atoms. The molecule has 5 nitrogen and oxygen atoms in total. The molecule has 1 aromatic heterocycles. The first-order chi connectivity index (χ1) is 7.82. The fourth-order valence-corrected chi connectivity index (χ4v) is 1.59. The summed E-state index contributed by atoms with van der Waals surface area (Å²) in [6.45, 7) is 7.55. The number of hydrogen-bond donors (Lipinski definition) is 1. The number of rotatable bonds is 4. The number of aromatic carboxylic acids is 1. The van der Waals surface area contributed by atoms with Crippen LogP contribution in [0.4, 0.5) is 0 Å². The van der Waals surface area contributed by atoms with Gasteiger partial charge in [-0.05, 0) is 26.2 Å². The van der Waals surface area contributed by atoms with Gasteiger partial charge in [0.15, 0.2) is 0 Å². The Balaban J connectivity index is 3.36. The zero-order valence-electron chi connectivity index (χ0n) is 10.6. The molecule has 1 rings (SSSR count). The van der Waals surface area contributed by atoms with E-state index in [0.29, 0.717) is 12.1 Å². The minimum atomic E-state index is -1.04. The van der Waals surface area contributed by atoms with Crippen molar-refractivity contribution >= 4 is 5.97 Å². The van der Waals surface area contributed by atoms with Gasteiger partial charge in [0.2, 0.25) is 0 Å². The van der Waals surface area contributed by atoms with Crippen LogP contribution in [0.15, 0.2) is 11.0 Å². The van der Waals surface area contributed by atoms with Crippen molar-refractivity contribution in [1.82, 2.24) is 9.55 Å². The van der Waals surface area contributed by atoms with E-state index in [4.69, 9.17) is 5.11 Å². The van der Waals surface area contributed by atoms with Crippen molar-refractivity contribution in [3.63, 3.8) is 0 Å². The molecular weight excluding hydrogens is 220 g/mol. The largest absolute Gasteiger partial charge is 0.478 e. The summed E-state index contributed by atoms with van der Waals surface area (Å²) in [5, 5.41) is 9.12. The molecule has 17 heavy (non-hydrogen) atoms.